The molecular formula is C20H20ClNO5. The second kappa shape index (κ2) is 7.98. The van der Waals surface area contributed by atoms with Gasteiger partial charge in [0.25, 0.3) is 0 Å². The first-order valence-corrected chi connectivity index (χ1v) is 8.91. The number of rotatable bonds is 2. The van der Waals surface area contributed by atoms with Crippen LogP contribution in [0.4, 0.5) is 0 Å². The number of ether oxygens (including phenoxy) is 1. The van der Waals surface area contributed by atoms with Gasteiger partial charge in [0.05, 0.1) is 0 Å². The summed E-state index contributed by atoms with van der Waals surface area (Å²) >= 11 is 6.20. The minimum Gasteiger partial charge on any atom is -0.481 e. The second-order valence-electron chi connectivity index (χ2n) is 6.72. The maximum atomic E-state index is 9.43. The van der Waals surface area contributed by atoms with E-state index >= 15 is 0 Å². The molecule has 1 fully saturated rings. The largest absolute Gasteiger partial charge is 0.481 e. The number of aliphatic carboxylic acids is 2. The summed E-state index contributed by atoms with van der Waals surface area (Å²) in [5, 5.41) is 16.2. The number of benzene rings is 2. The van der Waals surface area contributed by atoms with Crippen molar-refractivity contribution < 1.29 is 24.5 Å². The van der Waals surface area contributed by atoms with Gasteiger partial charge in [-0.2, -0.15) is 0 Å². The number of fused-ring (bicyclic) bond motifs is 5. The quantitative estimate of drug-likeness (QED) is 0.759. The Kier molecular flexibility index (Phi) is 5.68. The molecule has 0 radical (unpaired) electrons. The van der Waals surface area contributed by atoms with E-state index in [1.807, 2.05) is 18.2 Å². The minimum atomic E-state index is -1.31. The SMILES string of the molecule is CN1C[C@H]2c3ccccc3Oc3ccc(Cl)cc3[C@@H]2C1.O=C(O)CC(=O)O. The molecule has 0 aromatic heterocycles. The van der Waals surface area contributed by atoms with E-state index in [1.54, 1.807) is 0 Å². The maximum absolute atomic E-state index is 9.43. The average molecular weight is 390 g/mol. The highest BCUT2D eigenvalue weighted by Gasteiger charge is 2.38. The zero-order valence-electron chi connectivity index (χ0n) is 14.8. The van der Waals surface area contributed by atoms with Gasteiger partial charge in [-0.15, -0.1) is 0 Å². The first-order valence-electron chi connectivity index (χ1n) is 8.53. The van der Waals surface area contributed by atoms with Gasteiger partial charge < -0.3 is 19.8 Å². The van der Waals surface area contributed by atoms with Crippen molar-refractivity contribution in [3.8, 4) is 11.5 Å². The van der Waals surface area contributed by atoms with Crippen LogP contribution in [-0.2, 0) is 9.59 Å². The summed E-state index contributed by atoms with van der Waals surface area (Å²) in [7, 11) is 2.18. The molecule has 2 atom stereocenters. The minimum absolute atomic E-state index is 0.456. The first-order chi connectivity index (χ1) is 12.8. The fraction of sp³-hybridized carbons (Fsp3) is 0.300. The average Bonchev–Trinajstić information content (AvgIpc) is 2.92. The molecule has 2 N–H and O–H groups in total. The number of likely N-dealkylation sites (N-methyl/N-ethyl adjacent to an activating group) is 1. The normalized spacial score (nSPS) is 20.1. The third kappa shape index (κ3) is 4.40. The van der Waals surface area contributed by atoms with Gasteiger partial charge in [0.1, 0.15) is 17.9 Å². The van der Waals surface area contributed by atoms with Crippen LogP contribution in [0.25, 0.3) is 0 Å². The van der Waals surface area contributed by atoms with E-state index in [0.717, 1.165) is 29.6 Å². The molecule has 2 heterocycles. The van der Waals surface area contributed by atoms with Crippen LogP contribution in [-0.4, -0.2) is 47.2 Å². The molecule has 7 heteroatoms. The van der Waals surface area contributed by atoms with Crippen molar-refractivity contribution in [2.75, 3.05) is 20.1 Å². The summed E-state index contributed by atoms with van der Waals surface area (Å²) in [4.78, 5) is 21.2. The Balaban J connectivity index is 0.000000260. The van der Waals surface area contributed by atoms with Crippen molar-refractivity contribution >= 4 is 23.5 Å². The van der Waals surface area contributed by atoms with Crippen molar-refractivity contribution in [2.24, 2.45) is 0 Å². The van der Waals surface area contributed by atoms with Gasteiger partial charge in [-0.05, 0) is 36.9 Å². The van der Waals surface area contributed by atoms with Crippen LogP contribution < -0.4 is 4.74 Å². The Morgan fingerprint density at radius 2 is 1.63 bits per heavy atom. The molecule has 0 aliphatic carbocycles. The van der Waals surface area contributed by atoms with E-state index in [0.29, 0.717) is 11.8 Å². The number of halogens is 1. The molecule has 0 bridgehead atoms. The Morgan fingerprint density at radius 3 is 2.26 bits per heavy atom. The summed E-state index contributed by atoms with van der Waals surface area (Å²) in [5.74, 6) is 0.247. The summed E-state index contributed by atoms with van der Waals surface area (Å²) < 4.78 is 6.15. The predicted molar refractivity (Wildman–Crippen MR) is 101 cm³/mol. The van der Waals surface area contributed by atoms with E-state index < -0.39 is 18.4 Å². The Hall–Kier alpha value is -2.57. The molecule has 142 valence electrons. The molecule has 2 aromatic carbocycles. The van der Waals surface area contributed by atoms with Crippen LogP contribution in [0, 0.1) is 0 Å². The zero-order valence-corrected chi connectivity index (χ0v) is 15.5. The molecule has 0 amide bonds. The monoisotopic (exact) mass is 389 g/mol. The summed E-state index contributed by atoms with van der Waals surface area (Å²) in [6.07, 6.45) is -0.806. The Bertz CT molecular complexity index is 857. The van der Waals surface area contributed by atoms with Crippen molar-refractivity contribution in [1.82, 2.24) is 4.90 Å². The predicted octanol–water partition coefficient (Wildman–Crippen LogP) is 3.80. The molecule has 4 rings (SSSR count). The lowest BCUT2D eigenvalue weighted by atomic mass is 9.84. The number of carbonyl (C=O) groups is 2. The van der Waals surface area contributed by atoms with E-state index in [9.17, 15) is 9.59 Å². The number of hydrogen-bond acceptors (Lipinski definition) is 4. The molecule has 2 aliphatic rings. The summed E-state index contributed by atoms with van der Waals surface area (Å²) in [6, 6.07) is 14.4. The summed E-state index contributed by atoms with van der Waals surface area (Å²) in [6.45, 7) is 2.12. The number of para-hydroxylation sites is 1. The molecule has 2 aromatic rings. The Morgan fingerprint density at radius 1 is 1.04 bits per heavy atom. The third-order valence-electron chi connectivity index (χ3n) is 4.71. The molecule has 0 unspecified atom stereocenters. The van der Waals surface area contributed by atoms with Gasteiger partial charge in [-0.1, -0.05) is 29.8 Å². The van der Waals surface area contributed by atoms with Gasteiger partial charge in [-0.3, -0.25) is 9.59 Å². The molecule has 6 nitrogen and oxygen atoms in total. The lowest BCUT2D eigenvalue weighted by Gasteiger charge is -2.17. The number of carboxylic acids is 2. The van der Waals surface area contributed by atoms with Gasteiger partial charge >= 0.3 is 11.9 Å². The lowest BCUT2D eigenvalue weighted by Crippen LogP contribution is -2.14. The fourth-order valence-electron chi connectivity index (χ4n) is 3.66. The third-order valence-corrected chi connectivity index (χ3v) is 4.95. The standard InChI is InChI=1S/C17H16ClNO.C3H4O4/c1-19-9-14-12-4-2-3-5-16(12)20-17-7-6-11(18)8-13(17)15(14)10-19;4-2(5)1-3(6)7/h2-8,14-15H,9-10H2,1H3;1H2,(H,4,5)(H,6,7)/t14-,15-;/m0./s1. The number of nitrogens with zero attached hydrogens (tertiary/aromatic N) is 1. The number of carboxylic acid groups (broad SMARTS) is 2. The smallest absolute Gasteiger partial charge is 0.314 e. The fourth-order valence-corrected chi connectivity index (χ4v) is 3.84. The van der Waals surface area contributed by atoms with Crippen LogP contribution in [0.2, 0.25) is 5.02 Å². The zero-order chi connectivity index (χ0) is 19.6. The van der Waals surface area contributed by atoms with E-state index in [2.05, 4.69) is 36.2 Å². The highest BCUT2D eigenvalue weighted by Crippen LogP contribution is 2.49. The van der Waals surface area contributed by atoms with Gasteiger partial charge in [0, 0.05) is 35.5 Å². The first kappa shape index (κ1) is 19.2. The molecule has 0 saturated carbocycles. The van der Waals surface area contributed by atoms with Crippen LogP contribution in [0.5, 0.6) is 11.5 Å². The topological polar surface area (TPSA) is 87.1 Å². The molecule has 2 aliphatic heterocycles. The van der Waals surface area contributed by atoms with Crippen LogP contribution in [0.3, 0.4) is 0 Å². The van der Waals surface area contributed by atoms with Crippen molar-refractivity contribution in [3.63, 3.8) is 0 Å². The van der Waals surface area contributed by atoms with Crippen molar-refractivity contribution in [1.29, 1.82) is 0 Å². The van der Waals surface area contributed by atoms with Gasteiger partial charge in [-0.25, -0.2) is 0 Å². The van der Waals surface area contributed by atoms with E-state index in [4.69, 9.17) is 26.6 Å². The van der Waals surface area contributed by atoms with E-state index in [1.165, 1.54) is 11.1 Å². The van der Waals surface area contributed by atoms with Gasteiger partial charge in [0.2, 0.25) is 0 Å². The molecule has 0 spiro atoms. The molecule has 1 saturated heterocycles. The second-order valence-corrected chi connectivity index (χ2v) is 7.16. The van der Waals surface area contributed by atoms with E-state index in [-0.39, 0.29) is 0 Å². The molecule has 27 heavy (non-hydrogen) atoms. The van der Waals surface area contributed by atoms with Crippen molar-refractivity contribution in [2.45, 2.75) is 18.3 Å². The number of hydrogen-bond donors (Lipinski definition) is 2. The lowest BCUT2D eigenvalue weighted by molar-refractivity contribution is -0.147. The van der Waals surface area contributed by atoms with Crippen molar-refractivity contribution in [3.05, 3.63) is 58.6 Å². The highest BCUT2D eigenvalue weighted by molar-refractivity contribution is 6.30. The maximum Gasteiger partial charge on any atom is 0.314 e. The van der Waals surface area contributed by atoms with Crippen LogP contribution >= 0.6 is 11.6 Å². The van der Waals surface area contributed by atoms with Gasteiger partial charge in [0.15, 0.2) is 0 Å². The van der Waals surface area contributed by atoms with Crippen LogP contribution in [0.15, 0.2) is 42.5 Å². The number of likely N-dealkylation sites (tertiary alicyclic amines) is 1. The Labute approximate surface area is 161 Å². The van der Waals surface area contributed by atoms with Crippen LogP contribution in [0.1, 0.15) is 29.4 Å². The molecular weight excluding hydrogens is 370 g/mol. The highest BCUT2D eigenvalue weighted by atomic mass is 35.5. The summed E-state index contributed by atoms with van der Waals surface area (Å²) in [5.41, 5.74) is 2.55.